The predicted octanol–water partition coefficient (Wildman–Crippen LogP) is 2.18. The molecule has 6 heteroatoms. The van der Waals surface area contributed by atoms with Gasteiger partial charge in [-0.25, -0.2) is 8.42 Å². The number of hydrogen-bond donors (Lipinski definition) is 1. The minimum absolute atomic E-state index is 0.279. The van der Waals surface area contributed by atoms with Gasteiger partial charge < -0.3 is 5.32 Å². The second-order valence-electron chi connectivity index (χ2n) is 5.89. The van der Waals surface area contributed by atoms with E-state index in [9.17, 15) is 8.42 Å². The Bertz CT molecular complexity index is 573. The summed E-state index contributed by atoms with van der Waals surface area (Å²) in [7, 11) is -2.80. The minimum Gasteiger partial charge on any atom is -0.310 e. The fraction of sp³-hybridized carbons (Fsp3) is 0.600. The highest BCUT2D eigenvalue weighted by molar-refractivity contribution is 9.10. The van der Waals surface area contributed by atoms with E-state index in [1.54, 1.807) is 0 Å². The van der Waals surface area contributed by atoms with Crippen molar-refractivity contribution in [2.75, 3.05) is 24.6 Å². The third kappa shape index (κ3) is 5.36. The van der Waals surface area contributed by atoms with Crippen molar-refractivity contribution >= 4 is 25.8 Å². The standard InChI is InChI=1S/C15H23BrN2O2S/c1-12(2)17-10-13-3-4-14(15(16)9-13)11-18-5-7-21(19,20)8-6-18/h3-4,9,12,17H,5-8,10-11H2,1-2H3. The molecule has 0 unspecified atom stereocenters. The molecule has 0 aromatic heterocycles. The number of sulfone groups is 1. The van der Waals surface area contributed by atoms with Gasteiger partial charge in [0.15, 0.2) is 9.84 Å². The molecular formula is C15H23BrN2O2S. The molecular weight excluding hydrogens is 352 g/mol. The van der Waals surface area contributed by atoms with Crippen LogP contribution in [0.1, 0.15) is 25.0 Å². The van der Waals surface area contributed by atoms with E-state index in [-0.39, 0.29) is 11.5 Å². The van der Waals surface area contributed by atoms with Gasteiger partial charge in [-0.3, -0.25) is 4.90 Å². The van der Waals surface area contributed by atoms with Gasteiger partial charge in [0, 0.05) is 36.7 Å². The number of benzene rings is 1. The van der Waals surface area contributed by atoms with Crippen LogP contribution in [0, 0.1) is 0 Å². The van der Waals surface area contributed by atoms with Crippen LogP contribution < -0.4 is 5.32 Å². The average Bonchev–Trinajstić information content (AvgIpc) is 2.41. The van der Waals surface area contributed by atoms with Gasteiger partial charge in [0.25, 0.3) is 0 Å². The first-order chi connectivity index (χ1) is 9.85. The highest BCUT2D eigenvalue weighted by Gasteiger charge is 2.21. The highest BCUT2D eigenvalue weighted by atomic mass is 79.9. The van der Waals surface area contributed by atoms with Crippen LogP contribution in [0.4, 0.5) is 0 Å². The zero-order valence-electron chi connectivity index (χ0n) is 12.6. The van der Waals surface area contributed by atoms with Crippen molar-refractivity contribution in [2.24, 2.45) is 0 Å². The highest BCUT2D eigenvalue weighted by Crippen LogP contribution is 2.21. The van der Waals surface area contributed by atoms with Crippen molar-refractivity contribution in [1.29, 1.82) is 0 Å². The number of nitrogens with zero attached hydrogens (tertiary/aromatic N) is 1. The third-order valence-electron chi connectivity index (χ3n) is 3.66. The Balaban J connectivity index is 1.95. The van der Waals surface area contributed by atoms with Gasteiger partial charge in [-0.15, -0.1) is 0 Å². The molecule has 1 aromatic rings. The fourth-order valence-corrected chi connectivity index (χ4v) is 4.13. The molecule has 21 heavy (non-hydrogen) atoms. The Morgan fingerprint density at radius 3 is 2.52 bits per heavy atom. The molecule has 1 heterocycles. The third-order valence-corrected chi connectivity index (χ3v) is 6.01. The van der Waals surface area contributed by atoms with Crippen molar-refractivity contribution in [1.82, 2.24) is 10.2 Å². The molecule has 0 radical (unpaired) electrons. The van der Waals surface area contributed by atoms with Crippen molar-refractivity contribution in [3.63, 3.8) is 0 Å². The van der Waals surface area contributed by atoms with Crippen LogP contribution in [0.2, 0.25) is 0 Å². The van der Waals surface area contributed by atoms with E-state index < -0.39 is 9.84 Å². The summed E-state index contributed by atoms with van der Waals surface area (Å²) in [6, 6.07) is 6.88. The molecule has 4 nitrogen and oxygen atoms in total. The summed E-state index contributed by atoms with van der Waals surface area (Å²) in [6.45, 7) is 7.19. The summed E-state index contributed by atoms with van der Waals surface area (Å²) in [5.41, 5.74) is 2.46. The molecule has 0 aliphatic carbocycles. The van der Waals surface area contributed by atoms with Gasteiger partial charge in [0.05, 0.1) is 11.5 Å². The van der Waals surface area contributed by atoms with Crippen molar-refractivity contribution in [2.45, 2.75) is 33.0 Å². The van der Waals surface area contributed by atoms with E-state index in [4.69, 9.17) is 0 Å². The van der Waals surface area contributed by atoms with Crippen molar-refractivity contribution in [3.8, 4) is 0 Å². The molecule has 1 aliphatic rings. The van der Waals surface area contributed by atoms with E-state index in [1.165, 1.54) is 11.1 Å². The zero-order chi connectivity index (χ0) is 15.5. The maximum Gasteiger partial charge on any atom is 0.152 e. The lowest BCUT2D eigenvalue weighted by atomic mass is 10.1. The van der Waals surface area contributed by atoms with Crippen LogP contribution in [0.15, 0.2) is 22.7 Å². The smallest absolute Gasteiger partial charge is 0.152 e. The van der Waals surface area contributed by atoms with E-state index in [0.29, 0.717) is 19.1 Å². The maximum atomic E-state index is 11.4. The van der Waals surface area contributed by atoms with Crippen LogP contribution in [-0.4, -0.2) is 44.0 Å². The maximum absolute atomic E-state index is 11.4. The molecule has 0 atom stereocenters. The number of hydrogen-bond acceptors (Lipinski definition) is 4. The summed E-state index contributed by atoms with van der Waals surface area (Å²) in [5.74, 6) is 0.558. The van der Waals surface area contributed by atoms with Crippen LogP contribution in [0.5, 0.6) is 0 Å². The summed E-state index contributed by atoms with van der Waals surface area (Å²) < 4.78 is 24.0. The van der Waals surface area contributed by atoms with E-state index in [1.807, 2.05) is 0 Å². The second kappa shape index (κ2) is 7.22. The lowest BCUT2D eigenvalue weighted by Gasteiger charge is -2.27. The number of nitrogens with one attached hydrogen (secondary N) is 1. The first kappa shape index (κ1) is 16.9. The van der Waals surface area contributed by atoms with Gasteiger partial charge in [0.2, 0.25) is 0 Å². The minimum atomic E-state index is -2.80. The van der Waals surface area contributed by atoms with Crippen molar-refractivity contribution in [3.05, 3.63) is 33.8 Å². The Morgan fingerprint density at radius 1 is 1.29 bits per heavy atom. The van der Waals surface area contributed by atoms with Crippen LogP contribution >= 0.6 is 15.9 Å². The summed E-state index contributed by atoms with van der Waals surface area (Å²) in [4.78, 5) is 2.20. The van der Waals surface area contributed by atoms with Gasteiger partial charge in [-0.2, -0.15) is 0 Å². The Kier molecular flexibility index (Phi) is 5.82. The molecule has 0 amide bonds. The molecule has 0 bridgehead atoms. The first-order valence-electron chi connectivity index (χ1n) is 7.29. The molecule has 1 saturated heterocycles. The normalized spacial score (nSPS) is 19.0. The molecule has 1 aromatic carbocycles. The molecule has 1 N–H and O–H groups in total. The fourth-order valence-electron chi connectivity index (χ4n) is 2.30. The average molecular weight is 375 g/mol. The predicted molar refractivity (Wildman–Crippen MR) is 90.0 cm³/mol. The molecule has 1 fully saturated rings. The summed E-state index contributed by atoms with van der Waals surface area (Å²) in [5, 5.41) is 3.40. The van der Waals surface area contributed by atoms with E-state index in [2.05, 4.69) is 58.2 Å². The Morgan fingerprint density at radius 2 is 1.95 bits per heavy atom. The quantitative estimate of drug-likeness (QED) is 0.857. The van der Waals surface area contributed by atoms with Gasteiger partial charge >= 0.3 is 0 Å². The molecule has 0 saturated carbocycles. The van der Waals surface area contributed by atoms with Gasteiger partial charge in [-0.1, -0.05) is 41.9 Å². The van der Waals surface area contributed by atoms with Crippen LogP contribution in [0.25, 0.3) is 0 Å². The molecule has 0 spiro atoms. The Hall–Kier alpha value is -0.430. The lowest BCUT2D eigenvalue weighted by Crippen LogP contribution is -2.39. The zero-order valence-corrected chi connectivity index (χ0v) is 15.0. The molecule has 118 valence electrons. The number of rotatable bonds is 5. The van der Waals surface area contributed by atoms with Gasteiger partial charge in [0.1, 0.15) is 0 Å². The summed E-state index contributed by atoms with van der Waals surface area (Å²) in [6.07, 6.45) is 0. The molecule has 2 rings (SSSR count). The summed E-state index contributed by atoms with van der Waals surface area (Å²) >= 11 is 3.63. The number of halogens is 1. The first-order valence-corrected chi connectivity index (χ1v) is 9.90. The monoisotopic (exact) mass is 374 g/mol. The SMILES string of the molecule is CC(C)NCc1ccc(CN2CCS(=O)(=O)CC2)c(Br)c1. The van der Waals surface area contributed by atoms with E-state index >= 15 is 0 Å². The Labute approximate surface area is 136 Å². The van der Waals surface area contributed by atoms with Crippen LogP contribution in [-0.2, 0) is 22.9 Å². The van der Waals surface area contributed by atoms with E-state index in [0.717, 1.165) is 17.6 Å². The lowest BCUT2D eigenvalue weighted by molar-refractivity contribution is 0.287. The van der Waals surface area contributed by atoms with Crippen molar-refractivity contribution < 1.29 is 8.42 Å². The van der Waals surface area contributed by atoms with Gasteiger partial charge in [-0.05, 0) is 17.2 Å². The molecule has 1 aliphatic heterocycles. The second-order valence-corrected chi connectivity index (χ2v) is 9.05. The van der Waals surface area contributed by atoms with Crippen LogP contribution in [0.3, 0.4) is 0 Å². The largest absolute Gasteiger partial charge is 0.310 e. The topological polar surface area (TPSA) is 49.4 Å².